The monoisotopic (exact) mass is 434 g/mol. The van der Waals surface area contributed by atoms with E-state index in [9.17, 15) is 13.2 Å². The molecule has 3 aromatic rings. The average molecular weight is 435 g/mol. The molecule has 0 fully saturated rings. The number of nitrogens with zero attached hydrogens (tertiary/aromatic N) is 2. The summed E-state index contributed by atoms with van der Waals surface area (Å²) in [6.45, 7) is 1.94. The molecule has 0 bridgehead atoms. The first-order valence-corrected chi connectivity index (χ1v) is 12.5. The van der Waals surface area contributed by atoms with Gasteiger partial charge in [0.15, 0.2) is 14.2 Å². The Hall–Kier alpha value is -1.90. The summed E-state index contributed by atoms with van der Waals surface area (Å²) >= 11 is 3.24. The van der Waals surface area contributed by atoms with Crippen LogP contribution in [0.2, 0.25) is 0 Å². The fourth-order valence-electron chi connectivity index (χ4n) is 2.75. The van der Waals surface area contributed by atoms with E-state index >= 15 is 0 Å². The van der Waals surface area contributed by atoms with Crippen LogP contribution in [0.1, 0.15) is 24.9 Å². The number of rotatable bonds is 7. The van der Waals surface area contributed by atoms with Crippen molar-refractivity contribution in [3.05, 3.63) is 54.1 Å². The summed E-state index contributed by atoms with van der Waals surface area (Å²) < 4.78 is 25.3. The van der Waals surface area contributed by atoms with Crippen molar-refractivity contribution in [1.82, 2.24) is 9.88 Å². The number of aromatic nitrogens is 1. The third-order valence-corrected chi connectivity index (χ3v) is 7.89. The number of carbonyl (C=O) groups is 1. The van der Waals surface area contributed by atoms with Gasteiger partial charge in [0.1, 0.15) is 0 Å². The van der Waals surface area contributed by atoms with E-state index in [-0.39, 0.29) is 16.8 Å². The standard InChI is InChI=1S/C20H22N2O3S3/c1-14(15-8-10-16(11-9-15)28(3,24)25)22(2)19(23)12-13-26-20-21-17-6-4-5-7-18(17)27-20/h4-11,14H,12-13H2,1-3H3/t14-/m0/s1. The zero-order valence-corrected chi connectivity index (χ0v) is 18.4. The first-order chi connectivity index (χ1) is 13.3. The predicted molar refractivity (Wildman–Crippen MR) is 116 cm³/mol. The van der Waals surface area contributed by atoms with Crippen LogP contribution in [-0.4, -0.2) is 43.3 Å². The number of hydrogen-bond acceptors (Lipinski definition) is 6. The topological polar surface area (TPSA) is 67.3 Å². The highest BCUT2D eigenvalue weighted by atomic mass is 32.2. The lowest BCUT2D eigenvalue weighted by molar-refractivity contribution is -0.131. The van der Waals surface area contributed by atoms with E-state index in [2.05, 4.69) is 4.98 Å². The van der Waals surface area contributed by atoms with Crippen molar-refractivity contribution in [1.29, 1.82) is 0 Å². The number of fused-ring (bicyclic) bond motifs is 1. The zero-order chi connectivity index (χ0) is 20.3. The van der Waals surface area contributed by atoms with Crippen molar-refractivity contribution >= 4 is 49.1 Å². The van der Waals surface area contributed by atoms with Crippen LogP contribution in [0.25, 0.3) is 10.2 Å². The lowest BCUT2D eigenvalue weighted by Gasteiger charge is -2.25. The Bertz CT molecular complexity index is 1040. The molecule has 1 atom stereocenters. The third-order valence-electron chi connectivity index (χ3n) is 4.58. The molecule has 2 aromatic carbocycles. The predicted octanol–water partition coefficient (Wildman–Crippen LogP) is 4.40. The second kappa shape index (κ2) is 8.63. The molecule has 0 N–H and O–H groups in total. The molecule has 0 saturated carbocycles. The van der Waals surface area contributed by atoms with Crippen molar-refractivity contribution in [2.45, 2.75) is 28.6 Å². The Balaban J connectivity index is 1.56. The van der Waals surface area contributed by atoms with Gasteiger partial charge >= 0.3 is 0 Å². The van der Waals surface area contributed by atoms with Crippen molar-refractivity contribution < 1.29 is 13.2 Å². The van der Waals surface area contributed by atoms with Crippen LogP contribution < -0.4 is 0 Å². The van der Waals surface area contributed by atoms with Gasteiger partial charge in [0.2, 0.25) is 5.91 Å². The molecule has 1 heterocycles. The summed E-state index contributed by atoms with van der Waals surface area (Å²) in [6, 6.07) is 14.6. The molecule has 0 unspecified atom stereocenters. The van der Waals surface area contributed by atoms with Crippen LogP contribution in [0.15, 0.2) is 57.8 Å². The number of sulfone groups is 1. The van der Waals surface area contributed by atoms with Gasteiger partial charge in [0.25, 0.3) is 0 Å². The fourth-order valence-corrected chi connectivity index (χ4v) is 5.44. The van der Waals surface area contributed by atoms with Gasteiger partial charge in [-0.2, -0.15) is 0 Å². The highest BCUT2D eigenvalue weighted by molar-refractivity contribution is 8.01. The Labute approximate surface area is 173 Å². The summed E-state index contributed by atoms with van der Waals surface area (Å²) in [5.74, 6) is 0.719. The van der Waals surface area contributed by atoms with Gasteiger partial charge in [0.05, 0.1) is 21.2 Å². The summed E-state index contributed by atoms with van der Waals surface area (Å²) in [5.41, 5.74) is 1.90. The van der Waals surface area contributed by atoms with Gasteiger partial charge < -0.3 is 4.90 Å². The SMILES string of the molecule is C[C@@H](c1ccc(S(C)(=O)=O)cc1)N(C)C(=O)CCSc1nc2ccccc2s1. The third kappa shape index (κ3) is 4.92. The van der Waals surface area contributed by atoms with E-state index in [1.165, 1.54) is 6.26 Å². The number of benzene rings is 2. The minimum Gasteiger partial charge on any atom is -0.339 e. The van der Waals surface area contributed by atoms with Crippen LogP contribution >= 0.6 is 23.1 Å². The Morgan fingerprint density at radius 3 is 2.50 bits per heavy atom. The molecule has 0 aliphatic carbocycles. The molecular weight excluding hydrogens is 412 g/mol. The van der Waals surface area contributed by atoms with E-state index in [4.69, 9.17) is 0 Å². The van der Waals surface area contributed by atoms with Crippen LogP contribution in [0, 0.1) is 0 Å². The van der Waals surface area contributed by atoms with E-state index < -0.39 is 9.84 Å². The Morgan fingerprint density at radius 2 is 1.86 bits per heavy atom. The van der Waals surface area contributed by atoms with Crippen molar-refractivity contribution in [2.75, 3.05) is 19.1 Å². The van der Waals surface area contributed by atoms with E-state index in [1.54, 1.807) is 59.3 Å². The Kier molecular flexibility index (Phi) is 6.42. The zero-order valence-electron chi connectivity index (χ0n) is 16.0. The first kappa shape index (κ1) is 20.8. The lowest BCUT2D eigenvalue weighted by Crippen LogP contribution is -2.29. The minimum atomic E-state index is -3.22. The maximum atomic E-state index is 12.5. The number of para-hydroxylation sites is 1. The summed E-state index contributed by atoms with van der Waals surface area (Å²) in [6.07, 6.45) is 1.60. The van der Waals surface area contributed by atoms with Gasteiger partial charge in [-0.25, -0.2) is 13.4 Å². The molecule has 0 spiro atoms. The molecule has 8 heteroatoms. The van der Waals surface area contributed by atoms with Gasteiger partial charge in [-0.15, -0.1) is 11.3 Å². The lowest BCUT2D eigenvalue weighted by atomic mass is 10.1. The summed E-state index contributed by atoms with van der Waals surface area (Å²) in [7, 11) is -1.44. The average Bonchev–Trinajstić information content (AvgIpc) is 3.09. The highest BCUT2D eigenvalue weighted by Gasteiger charge is 2.18. The molecule has 1 aromatic heterocycles. The van der Waals surface area contributed by atoms with Crippen molar-refractivity contribution in [3.63, 3.8) is 0 Å². The number of thioether (sulfide) groups is 1. The van der Waals surface area contributed by atoms with Crippen molar-refractivity contribution in [3.8, 4) is 0 Å². The molecule has 5 nitrogen and oxygen atoms in total. The van der Waals surface area contributed by atoms with Gasteiger partial charge in [-0.3, -0.25) is 4.79 Å². The Morgan fingerprint density at radius 1 is 1.18 bits per heavy atom. The molecule has 0 aliphatic heterocycles. The molecule has 3 rings (SSSR count). The number of amides is 1. The smallest absolute Gasteiger partial charge is 0.223 e. The number of hydrogen-bond donors (Lipinski definition) is 0. The molecule has 28 heavy (non-hydrogen) atoms. The number of carbonyl (C=O) groups excluding carboxylic acids is 1. The van der Waals surface area contributed by atoms with E-state index in [0.717, 1.165) is 20.1 Å². The maximum Gasteiger partial charge on any atom is 0.223 e. The van der Waals surface area contributed by atoms with Crippen LogP contribution in [0.3, 0.4) is 0 Å². The van der Waals surface area contributed by atoms with Crippen LogP contribution in [-0.2, 0) is 14.6 Å². The van der Waals surface area contributed by atoms with Gasteiger partial charge in [-0.1, -0.05) is 36.0 Å². The largest absolute Gasteiger partial charge is 0.339 e. The van der Waals surface area contributed by atoms with Gasteiger partial charge in [-0.05, 0) is 36.8 Å². The highest BCUT2D eigenvalue weighted by Crippen LogP contribution is 2.30. The van der Waals surface area contributed by atoms with Crippen LogP contribution in [0.4, 0.5) is 0 Å². The molecule has 0 radical (unpaired) electrons. The summed E-state index contributed by atoms with van der Waals surface area (Å²) in [5, 5.41) is 0. The second-order valence-electron chi connectivity index (χ2n) is 6.57. The van der Waals surface area contributed by atoms with Gasteiger partial charge in [0, 0.05) is 25.5 Å². The summed E-state index contributed by atoms with van der Waals surface area (Å²) in [4.78, 5) is 19.1. The normalized spacial score (nSPS) is 12.8. The fraction of sp³-hybridized carbons (Fsp3) is 0.300. The molecule has 0 aliphatic rings. The molecule has 1 amide bonds. The van der Waals surface area contributed by atoms with Crippen molar-refractivity contribution in [2.24, 2.45) is 0 Å². The second-order valence-corrected chi connectivity index (χ2v) is 11.0. The quantitative estimate of drug-likeness (QED) is 0.516. The minimum absolute atomic E-state index is 0.0494. The first-order valence-electron chi connectivity index (χ1n) is 8.80. The van der Waals surface area contributed by atoms with Crippen LogP contribution in [0.5, 0.6) is 0 Å². The molecule has 0 saturated heterocycles. The van der Waals surface area contributed by atoms with E-state index in [1.807, 2.05) is 31.2 Å². The molecule has 148 valence electrons. The molecular formula is C20H22N2O3S3. The van der Waals surface area contributed by atoms with E-state index in [0.29, 0.717) is 12.2 Å². The maximum absolute atomic E-state index is 12.5. The number of thiazole rings is 1.